The number of carbonyl (C=O) groups excluding carboxylic acids is 1. The third kappa shape index (κ3) is 6.43. The van der Waals surface area contributed by atoms with Gasteiger partial charge in [-0.15, -0.1) is 0 Å². The summed E-state index contributed by atoms with van der Waals surface area (Å²) in [6.07, 6.45) is -2.41. The van der Waals surface area contributed by atoms with Gasteiger partial charge in [0, 0.05) is 6.54 Å². The molecule has 2 unspecified atom stereocenters. The Morgan fingerprint density at radius 3 is 2.32 bits per heavy atom. The fourth-order valence-corrected chi connectivity index (χ4v) is 1.84. The van der Waals surface area contributed by atoms with Crippen LogP contribution >= 0.6 is 0 Å². The summed E-state index contributed by atoms with van der Waals surface area (Å²) in [4.78, 5) is 11.4. The summed E-state index contributed by atoms with van der Waals surface area (Å²) in [5.41, 5.74) is 0.718. The lowest BCUT2D eigenvalue weighted by atomic mass is 10.0. The molecule has 0 bridgehead atoms. The highest BCUT2D eigenvalue weighted by molar-refractivity contribution is 5.67. The molecule has 1 aromatic carbocycles. The summed E-state index contributed by atoms with van der Waals surface area (Å²) in [6.45, 7) is 5.42. The van der Waals surface area contributed by atoms with Gasteiger partial charge in [0.05, 0.1) is 12.7 Å². The van der Waals surface area contributed by atoms with E-state index >= 15 is 0 Å². The van der Waals surface area contributed by atoms with Crippen molar-refractivity contribution in [2.45, 2.75) is 51.6 Å². The molecule has 1 amide bonds. The molecule has 1 rings (SSSR count). The second-order valence-electron chi connectivity index (χ2n) is 6.13. The van der Waals surface area contributed by atoms with Crippen molar-refractivity contribution >= 4 is 6.09 Å². The van der Waals surface area contributed by atoms with Crippen molar-refractivity contribution in [3.05, 3.63) is 35.4 Å². The molecular formula is C16H25NO5. The summed E-state index contributed by atoms with van der Waals surface area (Å²) in [7, 11) is 0. The molecule has 22 heavy (non-hydrogen) atoms. The number of rotatable bonds is 6. The van der Waals surface area contributed by atoms with Gasteiger partial charge < -0.3 is 25.4 Å². The van der Waals surface area contributed by atoms with Crippen molar-refractivity contribution in [2.75, 3.05) is 6.54 Å². The molecule has 0 saturated heterocycles. The predicted octanol–water partition coefficient (Wildman–Crippen LogP) is 1.49. The quantitative estimate of drug-likeness (QED) is 0.638. The van der Waals surface area contributed by atoms with E-state index in [1.165, 1.54) is 0 Å². The van der Waals surface area contributed by atoms with Crippen molar-refractivity contribution in [2.24, 2.45) is 0 Å². The maximum Gasteiger partial charge on any atom is 0.407 e. The maximum absolute atomic E-state index is 11.4. The van der Waals surface area contributed by atoms with E-state index in [-0.39, 0.29) is 19.6 Å². The third-order valence-corrected chi connectivity index (χ3v) is 2.98. The normalized spacial score (nSPS) is 14.3. The summed E-state index contributed by atoms with van der Waals surface area (Å²) >= 11 is 0. The Kier molecular flexibility index (Phi) is 6.80. The number of aliphatic hydroxyl groups excluding tert-OH is 3. The van der Waals surface area contributed by atoms with Crippen LogP contribution in [-0.4, -0.2) is 39.7 Å². The summed E-state index contributed by atoms with van der Waals surface area (Å²) in [6, 6.07) is 6.68. The van der Waals surface area contributed by atoms with Crippen molar-refractivity contribution in [1.82, 2.24) is 5.32 Å². The standard InChI is InChI=1S/C16H25NO5/c1-16(2,3)22-15(21)17-9-8-13(19)14(20)12-6-4-11(10-18)5-7-12/h4-7,13-14,18-20H,8-10H2,1-3H3,(H,17,21). The van der Waals surface area contributed by atoms with E-state index in [0.717, 1.165) is 5.56 Å². The van der Waals surface area contributed by atoms with Gasteiger partial charge in [-0.3, -0.25) is 0 Å². The number of ether oxygens (including phenoxy) is 1. The first-order valence-electron chi connectivity index (χ1n) is 7.25. The lowest BCUT2D eigenvalue weighted by Crippen LogP contribution is -2.34. The third-order valence-electron chi connectivity index (χ3n) is 2.98. The van der Waals surface area contributed by atoms with Gasteiger partial charge in [-0.05, 0) is 38.3 Å². The molecule has 0 heterocycles. The first-order chi connectivity index (χ1) is 10.2. The number of carbonyl (C=O) groups is 1. The predicted molar refractivity (Wildman–Crippen MR) is 82.2 cm³/mol. The lowest BCUT2D eigenvalue weighted by Gasteiger charge is -2.21. The van der Waals surface area contributed by atoms with E-state index in [9.17, 15) is 15.0 Å². The minimum atomic E-state index is -1.05. The molecule has 0 spiro atoms. The van der Waals surface area contributed by atoms with Gasteiger partial charge in [0.15, 0.2) is 0 Å². The van der Waals surface area contributed by atoms with Crippen LogP contribution in [0.3, 0.4) is 0 Å². The fourth-order valence-electron chi connectivity index (χ4n) is 1.84. The van der Waals surface area contributed by atoms with Crippen LogP contribution in [0.5, 0.6) is 0 Å². The molecule has 0 radical (unpaired) electrons. The summed E-state index contributed by atoms with van der Waals surface area (Å²) < 4.78 is 5.07. The van der Waals surface area contributed by atoms with E-state index in [4.69, 9.17) is 9.84 Å². The van der Waals surface area contributed by atoms with Gasteiger partial charge in [-0.25, -0.2) is 4.79 Å². The van der Waals surface area contributed by atoms with E-state index in [0.29, 0.717) is 5.56 Å². The van der Waals surface area contributed by atoms with Crippen molar-refractivity contribution in [1.29, 1.82) is 0 Å². The Morgan fingerprint density at radius 2 is 1.82 bits per heavy atom. The van der Waals surface area contributed by atoms with Crippen LogP contribution in [0, 0.1) is 0 Å². The zero-order valence-corrected chi connectivity index (χ0v) is 13.2. The number of aliphatic hydroxyl groups is 3. The summed E-state index contributed by atoms with van der Waals surface area (Å²) in [5.74, 6) is 0. The van der Waals surface area contributed by atoms with Gasteiger partial charge in [0.25, 0.3) is 0 Å². The van der Waals surface area contributed by atoms with E-state index in [1.54, 1.807) is 45.0 Å². The topological polar surface area (TPSA) is 99.0 Å². The molecule has 0 aromatic heterocycles. The number of benzene rings is 1. The maximum atomic E-state index is 11.4. The Labute approximate surface area is 130 Å². The highest BCUT2D eigenvalue weighted by atomic mass is 16.6. The minimum absolute atomic E-state index is 0.0707. The molecule has 0 saturated carbocycles. The van der Waals surface area contributed by atoms with Crippen molar-refractivity contribution in [3.63, 3.8) is 0 Å². The molecule has 124 valence electrons. The first kappa shape index (κ1) is 18.4. The molecule has 1 aromatic rings. The number of amides is 1. The zero-order chi connectivity index (χ0) is 16.8. The van der Waals surface area contributed by atoms with E-state index in [2.05, 4.69) is 5.32 Å². The molecule has 0 aliphatic carbocycles. The molecule has 0 fully saturated rings. The molecule has 0 aliphatic rings. The molecule has 4 N–H and O–H groups in total. The monoisotopic (exact) mass is 311 g/mol. The van der Waals surface area contributed by atoms with E-state index in [1.807, 2.05) is 0 Å². The Bertz CT molecular complexity index is 466. The second-order valence-corrected chi connectivity index (χ2v) is 6.13. The van der Waals surface area contributed by atoms with Gasteiger partial charge in [-0.1, -0.05) is 24.3 Å². The average Bonchev–Trinajstić information content (AvgIpc) is 2.44. The SMILES string of the molecule is CC(C)(C)OC(=O)NCCC(O)C(O)c1ccc(CO)cc1. The van der Waals surface area contributed by atoms with Gasteiger partial charge in [0.1, 0.15) is 11.7 Å². The van der Waals surface area contributed by atoms with Gasteiger partial charge in [-0.2, -0.15) is 0 Å². The minimum Gasteiger partial charge on any atom is -0.444 e. The fraction of sp³-hybridized carbons (Fsp3) is 0.562. The van der Waals surface area contributed by atoms with E-state index < -0.39 is 23.9 Å². The second kappa shape index (κ2) is 8.12. The molecule has 0 aliphatic heterocycles. The number of alkyl carbamates (subject to hydrolysis) is 1. The molecule has 6 nitrogen and oxygen atoms in total. The highest BCUT2D eigenvalue weighted by Gasteiger charge is 2.19. The van der Waals surface area contributed by atoms with Crippen LogP contribution in [0.25, 0.3) is 0 Å². The Hall–Kier alpha value is -1.63. The zero-order valence-electron chi connectivity index (χ0n) is 13.2. The van der Waals surface area contributed by atoms with Crippen LogP contribution in [0.1, 0.15) is 44.4 Å². The lowest BCUT2D eigenvalue weighted by molar-refractivity contribution is 0.0123. The van der Waals surface area contributed by atoms with Crippen molar-refractivity contribution in [3.8, 4) is 0 Å². The molecule has 6 heteroatoms. The van der Waals surface area contributed by atoms with Crippen LogP contribution in [0.4, 0.5) is 4.79 Å². The van der Waals surface area contributed by atoms with Crippen LogP contribution in [0.2, 0.25) is 0 Å². The first-order valence-corrected chi connectivity index (χ1v) is 7.25. The van der Waals surface area contributed by atoms with Crippen LogP contribution in [-0.2, 0) is 11.3 Å². The highest BCUT2D eigenvalue weighted by Crippen LogP contribution is 2.19. The van der Waals surface area contributed by atoms with Gasteiger partial charge >= 0.3 is 6.09 Å². The Balaban J connectivity index is 2.40. The molecule has 2 atom stereocenters. The van der Waals surface area contributed by atoms with Gasteiger partial charge in [0.2, 0.25) is 0 Å². The van der Waals surface area contributed by atoms with Crippen LogP contribution < -0.4 is 5.32 Å². The smallest absolute Gasteiger partial charge is 0.407 e. The average molecular weight is 311 g/mol. The largest absolute Gasteiger partial charge is 0.444 e. The van der Waals surface area contributed by atoms with Crippen LogP contribution in [0.15, 0.2) is 24.3 Å². The number of nitrogens with one attached hydrogen (secondary N) is 1. The molecular weight excluding hydrogens is 286 g/mol. The number of hydrogen-bond donors (Lipinski definition) is 4. The number of hydrogen-bond acceptors (Lipinski definition) is 5. The van der Waals surface area contributed by atoms with Crippen molar-refractivity contribution < 1.29 is 24.9 Å². The Morgan fingerprint density at radius 1 is 1.23 bits per heavy atom. The summed E-state index contributed by atoms with van der Waals surface area (Å²) in [5, 5.41) is 31.5.